The van der Waals surface area contributed by atoms with Gasteiger partial charge >= 0.3 is 0 Å². The van der Waals surface area contributed by atoms with E-state index in [9.17, 15) is 0 Å². The molecule has 0 aliphatic rings. The van der Waals surface area contributed by atoms with Gasteiger partial charge in [0.05, 0.1) is 6.61 Å². The van der Waals surface area contributed by atoms with Crippen molar-refractivity contribution in [2.75, 3.05) is 7.11 Å². The molecule has 0 bridgehead atoms. The molecule has 1 aromatic rings. The molecule has 0 aliphatic carbocycles. The fourth-order valence-electron chi connectivity index (χ4n) is 0.741. The number of ether oxygens (including phenoxy) is 1. The van der Waals surface area contributed by atoms with Gasteiger partial charge in [0, 0.05) is 7.11 Å². The summed E-state index contributed by atoms with van der Waals surface area (Å²) in [6, 6.07) is 10.1. The van der Waals surface area contributed by atoms with E-state index >= 15 is 0 Å². The summed E-state index contributed by atoms with van der Waals surface area (Å²) >= 11 is 0. The predicted molar refractivity (Wildman–Crippen MR) is 42.2 cm³/mol. The molecule has 0 fully saturated rings. The lowest BCUT2D eigenvalue weighted by Crippen LogP contribution is -1.84. The molecule has 10 heavy (non-hydrogen) atoms. The monoisotopic (exact) mass is 139 g/mol. The molecule has 1 aromatic carbocycles. The Bertz CT molecular complexity index is 162. The Morgan fingerprint density at radius 2 is 1.80 bits per heavy atom. The standard InChI is InChI=1S/C8H10O.H3N/c1-9-7-8-5-3-2-4-6-8;/h2-6H,7H2,1H3;1H3. The van der Waals surface area contributed by atoms with Gasteiger partial charge in [-0.3, -0.25) is 0 Å². The second-order valence-corrected chi connectivity index (χ2v) is 1.92. The van der Waals surface area contributed by atoms with Gasteiger partial charge in [0.2, 0.25) is 0 Å². The Kier molecular flexibility index (Phi) is 4.54. The van der Waals surface area contributed by atoms with Crippen LogP contribution in [0.25, 0.3) is 0 Å². The van der Waals surface area contributed by atoms with E-state index in [1.165, 1.54) is 5.56 Å². The maximum Gasteiger partial charge on any atom is 0.0713 e. The van der Waals surface area contributed by atoms with Gasteiger partial charge in [-0.05, 0) is 5.56 Å². The largest absolute Gasteiger partial charge is 0.380 e. The Labute approximate surface area is 61.4 Å². The molecular weight excluding hydrogens is 126 g/mol. The Morgan fingerprint density at radius 3 is 2.30 bits per heavy atom. The van der Waals surface area contributed by atoms with Crippen LogP contribution < -0.4 is 6.15 Å². The lowest BCUT2D eigenvalue weighted by molar-refractivity contribution is 0.185. The molecular formula is C8H13NO. The second-order valence-electron chi connectivity index (χ2n) is 1.92. The molecule has 3 N–H and O–H groups in total. The summed E-state index contributed by atoms with van der Waals surface area (Å²) < 4.78 is 4.93. The van der Waals surface area contributed by atoms with E-state index in [1.807, 2.05) is 30.3 Å². The first kappa shape index (κ1) is 9.14. The number of hydrogen-bond donors (Lipinski definition) is 1. The number of benzene rings is 1. The van der Waals surface area contributed by atoms with Crippen LogP contribution >= 0.6 is 0 Å². The van der Waals surface area contributed by atoms with E-state index in [4.69, 9.17) is 4.74 Å². The average molecular weight is 139 g/mol. The van der Waals surface area contributed by atoms with Gasteiger partial charge in [-0.2, -0.15) is 0 Å². The zero-order valence-electron chi connectivity index (χ0n) is 6.21. The maximum atomic E-state index is 4.93. The number of methoxy groups -OCH3 is 1. The minimum atomic E-state index is 0. The zero-order valence-corrected chi connectivity index (χ0v) is 6.21. The third-order valence-corrected chi connectivity index (χ3v) is 1.15. The summed E-state index contributed by atoms with van der Waals surface area (Å²) in [6.07, 6.45) is 0. The molecule has 0 aliphatic heterocycles. The fourth-order valence-corrected chi connectivity index (χ4v) is 0.741. The maximum absolute atomic E-state index is 4.93. The van der Waals surface area contributed by atoms with Crippen LogP contribution in [0.5, 0.6) is 0 Å². The van der Waals surface area contributed by atoms with E-state index in [1.54, 1.807) is 7.11 Å². The topological polar surface area (TPSA) is 44.2 Å². The van der Waals surface area contributed by atoms with Crippen molar-refractivity contribution in [3.8, 4) is 0 Å². The minimum absolute atomic E-state index is 0. The van der Waals surface area contributed by atoms with E-state index in [-0.39, 0.29) is 6.15 Å². The summed E-state index contributed by atoms with van der Waals surface area (Å²) in [4.78, 5) is 0. The second kappa shape index (κ2) is 4.97. The van der Waals surface area contributed by atoms with Crippen LogP contribution in [0, 0.1) is 0 Å². The van der Waals surface area contributed by atoms with Crippen molar-refractivity contribution in [2.45, 2.75) is 6.61 Å². The van der Waals surface area contributed by atoms with Crippen LogP contribution in [-0.2, 0) is 11.3 Å². The SMILES string of the molecule is COCc1ccccc1.N. The predicted octanol–water partition coefficient (Wildman–Crippen LogP) is 1.99. The van der Waals surface area contributed by atoms with Crippen LogP contribution in [0.15, 0.2) is 30.3 Å². The first-order valence-electron chi connectivity index (χ1n) is 2.96. The summed E-state index contributed by atoms with van der Waals surface area (Å²) in [5.41, 5.74) is 1.22. The van der Waals surface area contributed by atoms with E-state index in [0.717, 1.165) is 0 Å². The van der Waals surface area contributed by atoms with Crippen LogP contribution in [0.3, 0.4) is 0 Å². The molecule has 1 rings (SSSR count). The summed E-state index contributed by atoms with van der Waals surface area (Å²) in [5, 5.41) is 0. The molecule has 0 radical (unpaired) electrons. The molecule has 0 saturated heterocycles. The van der Waals surface area contributed by atoms with Crippen molar-refractivity contribution >= 4 is 0 Å². The van der Waals surface area contributed by atoms with Gasteiger partial charge in [0.1, 0.15) is 0 Å². The first-order chi connectivity index (χ1) is 4.43. The smallest absolute Gasteiger partial charge is 0.0713 e. The quantitative estimate of drug-likeness (QED) is 0.681. The molecule has 2 nitrogen and oxygen atoms in total. The minimum Gasteiger partial charge on any atom is -0.380 e. The summed E-state index contributed by atoms with van der Waals surface area (Å²) in [7, 11) is 1.70. The van der Waals surface area contributed by atoms with E-state index < -0.39 is 0 Å². The van der Waals surface area contributed by atoms with Crippen LogP contribution in [0.1, 0.15) is 5.56 Å². The van der Waals surface area contributed by atoms with E-state index in [0.29, 0.717) is 6.61 Å². The number of rotatable bonds is 2. The Hall–Kier alpha value is -0.860. The van der Waals surface area contributed by atoms with Crippen molar-refractivity contribution < 1.29 is 4.74 Å². The van der Waals surface area contributed by atoms with Crippen molar-refractivity contribution in [1.82, 2.24) is 6.15 Å². The molecule has 0 spiro atoms. The Balaban J connectivity index is 0.000000810. The third-order valence-electron chi connectivity index (χ3n) is 1.15. The van der Waals surface area contributed by atoms with Gasteiger partial charge < -0.3 is 10.9 Å². The number of hydrogen-bond acceptors (Lipinski definition) is 2. The molecule has 0 unspecified atom stereocenters. The van der Waals surface area contributed by atoms with Gasteiger partial charge in [-0.15, -0.1) is 0 Å². The molecule has 0 atom stereocenters. The highest BCUT2D eigenvalue weighted by molar-refractivity contribution is 5.13. The van der Waals surface area contributed by atoms with Crippen molar-refractivity contribution in [1.29, 1.82) is 0 Å². The Morgan fingerprint density at radius 1 is 1.20 bits per heavy atom. The van der Waals surface area contributed by atoms with Gasteiger partial charge in [0.25, 0.3) is 0 Å². The molecule has 0 aromatic heterocycles. The van der Waals surface area contributed by atoms with E-state index in [2.05, 4.69) is 0 Å². The van der Waals surface area contributed by atoms with Gasteiger partial charge in [-0.1, -0.05) is 30.3 Å². The molecule has 0 saturated carbocycles. The zero-order chi connectivity index (χ0) is 6.53. The molecule has 0 heterocycles. The summed E-state index contributed by atoms with van der Waals surface area (Å²) in [5.74, 6) is 0. The highest BCUT2D eigenvalue weighted by atomic mass is 16.5. The van der Waals surface area contributed by atoms with Crippen LogP contribution in [0.4, 0.5) is 0 Å². The van der Waals surface area contributed by atoms with Gasteiger partial charge in [-0.25, -0.2) is 0 Å². The molecule has 56 valence electrons. The summed E-state index contributed by atoms with van der Waals surface area (Å²) in [6.45, 7) is 0.709. The fraction of sp³-hybridized carbons (Fsp3) is 0.250. The first-order valence-corrected chi connectivity index (χ1v) is 2.96. The third kappa shape index (κ3) is 2.62. The highest BCUT2D eigenvalue weighted by Gasteiger charge is 1.84. The van der Waals surface area contributed by atoms with Gasteiger partial charge in [0.15, 0.2) is 0 Å². The highest BCUT2D eigenvalue weighted by Crippen LogP contribution is 1.98. The van der Waals surface area contributed by atoms with Crippen LogP contribution in [0.2, 0.25) is 0 Å². The van der Waals surface area contributed by atoms with Crippen molar-refractivity contribution in [3.63, 3.8) is 0 Å². The lowest BCUT2D eigenvalue weighted by atomic mass is 10.2. The molecule has 0 amide bonds. The lowest BCUT2D eigenvalue weighted by Gasteiger charge is -1.95. The van der Waals surface area contributed by atoms with Crippen molar-refractivity contribution in [2.24, 2.45) is 0 Å². The van der Waals surface area contributed by atoms with Crippen LogP contribution in [-0.4, -0.2) is 7.11 Å². The van der Waals surface area contributed by atoms with Crippen molar-refractivity contribution in [3.05, 3.63) is 35.9 Å². The normalized spacial score (nSPS) is 8.50. The molecule has 2 heteroatoms. The average Bonchev–Trinajstić information content (AvgIpc) is 1.91.